The van der Waals surface area contributed by atoms with Crippen LogP contribution >= 0.6 is 11.6 Å². The van der Waals surface area contributed by atoms with Crippen molar-refractivity contribution in [3.05, 3.63) is 81.0 Å². The van der Waals surface area contributed by atoms with Gasteiger partial charge in [-0.1, -0.05) is 23.7 Å². The minimum Gasteiger partial charge on any atom is -0.323 e. The fourth-order valence-electron chi connectivity index (χ4n) is 3.28. The molecule has 1 N–H and O–H groups in total. The second-order valence-electron chi connectivity index (χ2n) is 6.48. The summed E-state index contributed by atoms with van der Waals surface area (Å²) >= 11 is 6.09. The largest absolute Gasteiger partial charge is 0.331 e. The monoisotopic (exact) mass is 424 g/mol. The maximum atomic E-state index is 12.8. The highest BCUT2D eigenvalue weighted by molar-refractivity contribution is 6.31. The van der Waals surface area contributed by atoms with Crippen LogP contribution in [0.3, 0.4) is 0 Å². The van der Waals surface area contributed by atoms with Crippen LogP contribution in [-0.2, 0) is 17.9 Å². The van der Waals surface area contributed by atoms with Gasteiger partial charge in [0.25, 0.3) is 5.56 Å². The lowest BCUT2D eigenvalue weighted by Gasteiger charge is -2.15. The van der Waals surface area contributed by atoms with Crippen LogP contribution in [0, 0.1) is 0 Å². The van der Waals surface area contributed by atoms with Crippen molar-refractivity contribution in [2.24, 2.45) is 0 Å². The van der Waals surface area contributed by atoms with Crippen LogP contribution in [0.5, 0.6) is 0 Å². The highest BCUT2D eigenvalue weighted by Gasteiger charge is 2.16. The van der Waals surface area contributed by atoms with Gasteiger partial charge in [-0.2, -0.15) is 5.10 Å². The van der Waals surface area contributed by atoms with Crippen LogP contribution in [-0.4, -0.2) is 29.8 Å². The zero-order valence-electron chi connectivity index (χ0n) is 15.9. The number of rotatable bonds is 5. The summed E-state index contributed by atoms with van der Waals surface area (Å²) in [6, 6.07) is 11.7. The van der Waals surface area contributed by atoms with Crippen LogP contribution in [0.4, 0.5) is 5.69 Å². The van der Waals surface area contributed by atoms with Crippen LogP contribution in [0.2, 0.25) is 5.02 Å². The van der Waals surface area contributed by atoms with Crippen molar-refractivity contribution in [1.29, 1.82) is 0 Å². The van der Waals surface area contributed by atoms with Gasteiger partial charge in [0.1, 0.15) is 19.2 Å². The molecule has 2 aromatic heterocycles. The van der Waals surface area contributed by atoms with E-state index in [-0.39, 0.29) is 18.6 Å². The van der Waals surface area contributed by atoms with E-state index in [0.717, 1.165) is 4.57 Å². The third-order valence-electron chi connectivity index (χ3n) is 4.65. The number of amides is 1. The number of aromatic nitrogens is 5. The first-order chi connectivity index (χ1) is 14.5. The smallest absolute Gasteiger partial charge is 0.323 e. The summed E-state index contributed by atoms with van der Waals surface area (Å²) in [7, 11) is 0. The topological polar surface area (TPSA) is 104 Å². The van der Waals surface area contributed by atoms with E-state index < -0.39 is 11.6 Å². The number of anilines is 1. The highest BCUT2D eigenvalue weighted by atomic mass is 35.5. The second kappa shape index (κ2) is 7.96. The number of carbonyl (C=O) groups is 1. The number of fused-ring (bicyclic) bond motifs is 1. The molecule has 4 aromatic rings. The van der Waals surface area contributed by atoms with Crippen LogP contribution < -0.4 is 16.6 Å². The number of nitrogens with zero attached hydrogens (tertiary/aromatic N) is 5. The summed E-state index contributed by atoms with van der Waals surface area (Å²) < 4.78 is 3.88. The molecular formula is C20H17ClN6O3. The highest BCUT2D eigenvalue weighted by Crippen LogP contribution is 2.24. The molecule has 0 bridgehead atoms. The first-order valence-corrected chi connectivity index (χ1v) is 9.54. The number of nitrogens with one attached hydrogen (secondary N) is 1. The molecule has 0 saturated carbocycles. The predicted molar refractivity (Wildman–Crippen MR) is 113 cm³/mol. The van der Waals surface area contributed by atoms with E-state index >= 15 is 0 Å². The van der Waals surface area contributed by atoms with Crippen molar-refractivity contribution in [2.45, 2.75) is 20.0 Å². The number of para-hydroxylation sites is 1. The molecule has 0 saturated heterocycles. The number of halogens is 1. The summed E-state index contributed by atoms with van der Waals surface area (Å²) in [5, 5.41) is 7.65. The van der Waals surface area contributed by atoms with Crippen LogP contribution in [0.15, 0.2) is 64.7 Å². The van der Waals surface area contributed by atoms with Crippen LogP contribution in [0.1, 0.15) is 6.92 Å². The summed E-state index contributed by atoms with van der Waals surface area (Å²) in [6.45, 7) is 1.64. The average Bonchev–Trinajstić information content (AvgIpc) is 3.26. The van der Waals surface area contributed by atoms with E-state index in [0.29, 0.717) is 27.3 Å². The summed E-state index contributed by atoms with van der Waals surface area (Å²) in [6.07, 6.45) is 2.87. The molecule has 1 amide bonds. The molecule has 152 valence electrons. The Morgan fingerprint density at radius 1 is 1.13 bits per heavy atom. The molecule has 0 unspecified atom stereocenters. The van der Waals surface area contributed by atoms with Gasteiger partial charge in [-0.15, -0.1) is 0 Å². The Bertz CT molecular complexity index is 1360. The third-order valence-corrected chi connectivity index (χ3v) is 4.88. The molecule has 0 radical (unpaired) electrons. The third kappa shape index (κ3) is 3.50. The van der Waals surface area contributed by atoms with Gasteiger partial charge in [-0.25, -0.2) is 14.5 Å². The number of hydrogen-bond donors (Lipinski definition) is 1. The van der Waals surface area contributed by atoms with Crippen molar-refractivity contribution in [1.82, 2.24) is 23.9 Å². The fraction of sp³-hybridized carbons (Fsp3) is 0.150. The van der Waals surface area contributed by atoms with Crippen molar-refractivity contribution >= 4 is 34.1 Å². The molecular weight excluding hydrogens is 408 g/mol. The van der Waals surface area contributed by atoms with Gasteiger partial charge in [0.15, 0.2) is 0 Å². The zero-order chi connectivity index (χ0) is 21.3. The number of carbonyl (C=O) groups excluding carboxylic acids is 1. The summed E-state index contributed by atoms with van der Waals surface area (Å²) in [5.41, 5.74) is 0.465. The maximum Gasteiger partial charge on any atom is 0.331 e. The molecule has 0 aliphatic heterocycles. The van der Waals surface area contributed by atoms with E-state index in [9.17, 15) is 14.4 Å². The Hall–Kier alpha value is -3.72. The molecule has 9 nitrogen and oxygen atoms in total. The van der Waals surface area contributed by atoms with Crippen LogP contribution in [0.25, 0.3) is 16.6 Å². The maximum absolute atomic E-state index is 12.8. The Morgan fingerprint density at radius 2 is 1.93 bits per heavy atom. The summed E-state index contributed by atoms with van der Waals surface area (Å²) in [4.78, 5) is 42.1. The Kier molecular flexibility index (Phi) is 5.20. The Morgan fingerprint density at radius 3 is 2.67 bits per heavy atom. The van der Waals surface area contributed by atoms with E-state index in [4.69, 9.17) is 11.6 Å². The van der Waals surface area contributed by atoms with Gasteiger partial charge in [0.05, 0.1) is 22.3 Å². The lowest BCUT2D eigenvalue weighted by molar-refractivity contribution is -0.116. The number of hydrogen-bond acceptors (Lipinski definition) is 5. The van der Waals surface area contributed by atoms with E-state index in [1.54, 1.807) is 49.4 Å². The molecule has 0 aliphatic carbocycles. The Balaban J connectivity index is 1.73. The molecule has 0 fully saturated rings. The van der Waals surface area contributed by atoms with Gasteiger partial charge < -0.3 is 5.32 Å². The van der Waals surface area contributed by atoms with Gasteiger partial charge in [-0.3, -0.25) is 18.7 Å². The van der Waals surface area contributed by atoms with Gasteiger partial charge in [0, 0.05) is 11.6 Å². The van der Waals surface area contributed by atoms with Crippen molar-refractivity contribution in [3.63, 3.8) is 0 Å². The quantitative estimate of drug-likeness (QED) is 0.528. The predicted octanol–water partition coefficient (Wildman–Crippen LogP) is 2.06. The van der Waals surface area contributed by atoms with Crippen molar-refractivity contribution in [2.75, 3.05) is 5.32 Å². The Labute approximate surface area is 175 Å². The standard InChI is InChI=1S/C20H17ClN6O3/c1-2-25-19(29)14-5-3-4-6-16(14)26(20(25)30)10-18(28)24-15-9-13(21)7-8-17(15)27-12-22-11-23-27/h3-9,11-12H,2,10H2,1H3,(H,24,28). The van der Waals surface area contributed by atoms with Gasteiger partial charge >= 0.3 is 5.69 Å². The minimum absolute atomic E-state index is 0.203. The van der Waals surface area contributed by atoms with E-state index in [2.05, 4.69) is 15.4 Å². The fourth-order valence-corrected chi connectivity index (χ4v) is 3.45. The first kappa shape index (κ1) is 19.6. The summed E-state index contributed by atoms with van der Waals surface area (Å²) in [5.74, 6) is -0.452. The van der Waals surface area contributed by atoms with Gasteiger partial charge in [0.2, 0.25) is 5.91 Å². The lowest BCUT2D eigenvalue weighted by Crippen LogP contribution is -2.41. The molecule has 10 heteroatoms. The zero-order valence-corrected chi connectivity index (χ0v) is 16.7. The molecule has 0 atom stereocenters. The first-order valence-electron chi connectivity index (χ1n) is 9.16. The van der Waals surface area contributed by atoms with E-state index in [1.807, 2.05) is 0 Å². The van der Waals surface area contributed by atoms with Crippen molar-refractivity contribution in [3.8, 4) is 5.69 Å². The second-order valence-corrected chi connectivity index (χ2v) is 6.92. The molecule has 4 rings (SSSR count). The number of benzene rings is 2. The molecule has 0 spiro atoms. The molecule has 2 aromatic carbocycles. The normalized spacial score (nSPS) is 11.0. The molecule has 30 heavy (non-hydrogen) atoms. The SMILES string of the molecule is CCn1c(=O)c2ccccc2n(CC(=O)Nc2cc(Cl)ccc2-n2cncn2)c1=O. The molecule has 0 aliphatic rings. The van der Waals surface area contributed by atoms with Crippen molar-refractivity contribution < 1.29 is 4.79 Å². The average molecular weight is 425 g/mol. The van der Waals surface area contributed by atoms with E-state index in [1.165, 1.54) is 21.9 Å². The minimum atomic E-state index is -0.543. The molecule has 2 heterocycles. The van der Waals surface area contributed by atoms with Gasteiger partial charge in [-0.05, 0) is 37.3 Å². The lowest BCUT2D eigenvalue weighted by atomic mass is 10.2.